The lowest BCUT2D eigenvalue weighted by Gasteiger charge is -2.30. The van der Waals surface area contributed by atoms with E-state index in [0.29, 0.717) is 0 Å². The molecule has 0 spiro atoms. The molecule has 2 fully saturated rings. The number of aromatic nitrogens is 1. The Hall–Kier alpha value is -1.06. The number of thiocarbonyl (C=S) groups is 1. The molecule has 0 aliphatic carbocycles. The number of pyridine rings is 1. The van der Waals surface area contributed by atoms with Crippen molar-refractivity contribution < 1.29 is 4.74 Å². The van der Waals surface area contributed by atoms with Gasteiger partial charge in [0.25, 0.3) is 0 Å². The number of hydrogen-bond donors (Lipinski definition) is 1. The summed E-state index contributed by atoms with van der Waals surface area (Å²) in [5.41, 5.74) is 1.03. The minimum Gasteiger partial charge on any atom is -0.379 e. The van der Waals surface area contributed by atoms with Crippen LogP contribution in [0.5, 0.6) is 0 Å². The van der Waals surface area contributed by atoms with E-state index in [0.717, 1.165) is 61.1 Å². The van der Waals surface area contributed by atoms with Crippen LogP contribution in [0.15, 0.2) is 40.3 Å². The van der Waals surface area contributed by atoms with Crippen molar-refractivity contribution >= 4 is 44.6 Å². The second-order valence-corrected chi connectivity index (χ2v) is 9.04. The Balaban J connectivity index is 1.50. The van der Waals surface area contributed by atoms with Crippen LogP contribution in [0.4, 0.5) is 0 Å². The summed E-state index contributed by atoms with van der Waals surface area (Å²) in [6.07, 6.45) is 2.93. The van der Waals surface area contributed by atoms with Gasteiger partial charge in [-0.1, -0.05) is 6.07 Å². The molecule has 2 aliphatic rings. The van der Waals surface area contributed by atoms with Crippen LogP contribution in [0, 0.1) is 0 Å². The van der Waals surface area contributed by atoms with Gasteiger partial charge >= 0.3 is 0 Å². The van der Waals surface area contributed by atoms with Gasteiger partial charge in [-0.2, -0.15) is 0 Å². The Morgan fingerprint density at radius 3 is 2.85 bits per heavy atom. The van der Waals surface area contributed by atoms with E-state index in [4.69, 9.17) is 17.0 Å². The molecule has 0 unspecified atom stereocenters. The molecular weight excluding hydrogens is 444 g/mol. The van der Waals surface area contributed by atoms with Crippen LogP contribution in [0.2, 0.25) is 0 Å². The van der Waals surface area contributed by atoms with Gasteiger partial charge in [0.15, 0.2) is 5.11 Å². The number of thiophene rings is 1. The molecule has 27 heavy (non-hydrogen) atoms. The van der Waals surface area contributed by atoms with Crippen LogP contribution in [0.1, 0.15) is 29.1 Å². The van der Waals surface area contributed by atoms with Crippen molar-refractivity contribution in [2.45, 2.75) is 18.5 Å². The van der Waals surface area contributed by atoms with Gasteiger partial charge in [-0.25, -0.2) is 0 Å². The molecule has 2 saturated heterocycles. The lowest BCUT2D eigenvalue weighted by molar-refractivity contribution is 0.0366. The fraction of sp³-hybridized carbons (Fsp3) is 0.474. The standard InChI is InChI=1S/C19H23BrN4OS2/c20-14-12-16(27-13-14)18-17(15-4-1-2-5-21-15)22-19(26)24(18)7-3-6-23-8-10-25-11-9-23/h1-2,4-5,12-13,17-18H,3,6-11H2,(H,22,26)/t17-,18-/m1/s1. The van der Waals surface area contributed by atoms with Gasteiger partial charge in [-0.05, 0) is 52.8 Å². The SMILES string of the molecule is S=C1N[C@H](c2ccccn2)[C@@H](c2cc(Br)cs2)N1CCCN1CCOCC1. The Labute approximate surface area is 177 Å². The molecule has 2 aliphatic heterocycles. The summed E-state index contributed by atoms with van der Waals surface area (Å²) in [4.78, 5) is 10.7. The van der Waals surface area contributed by atoms with Crippen LogP contribution in [-0.2, 0) is 4.74 Å². The number of rotatable bonds is 6. The molecule has 0 radical (unpaired) electrons. The average Bonchev–Trinajstić information content (AvgIpc) is 3.27. The maximum absolute atomic E-state index is 5.72. The molecule has 144 valence electrons. The highest BCUT2D eigenvalue weighted by molar-refractivity contribution is 9.10. The van der Waals surface area contributed by atoms with Gasteiger partial charge < -0.3 is 15.0 Å². The van der Waals surface area contributed by atoms with Crippen LogP contribution in [0.25, 0.3) is 0 Å². The van der Waals surface area contributed by atoms with Gasteiger partial charge in [0.2, 0.25) is 0 Å². The first-order valence-electron chi connectivity index (χ1n) is 9.24. The smallest absolute Gasteiger partial charge is 0.170 e. The predicted octanol–water partition coefficient (Wildman–Crippen LogP) is 3.60. The summed E-state index contributed by atoms with van der Waals surface area (Å²) in [5, 5.41) is 6.48. The quantitative estimate of drug-likeness (QED) is 0.655. The first kappa shape index (κ1) is 19.3. The number of morpholine rings is 1. The van der Waals surface area contributed by atoms with E-state index < -0.39 is 0 Å². The molecule has 4 rings (SSSR count). The molecule has 1 N–H and O–H groups in total. The third-order valence-electron chi connectivity index (χ3n) is 5.05. The van der Waals surface area contributed by atoms with E-state index in [9.17, 15) is 0 Å². The molecule has 0 saturated carbocycles. The third kappa shape index (κ3) is 4.51. The summed E-state index contributed by atoms with van der Waals surface area (Å²) in [6, 6.07) is 8.52. The summed E-state index contributed by atoms with van der Waals surface area (Å²) >= 11 is 11.1. The van der Waals surface area contributed by atoms with Crippen LogP contribution in [-0.4, -0.2) is 59.3 Å². The third-order valence-corrected chi connectivity index (χ3v) is 7.17. The summed E-state index contributed by atoms with van der Waals surface area (Å²) in [7, 11) is 0. The van der Waals surface area contributed by atoms with Gasteiger partial charge in [-0.3, -0.25) is 9.88 Å². The van der Waals surface area contributed by atoms with Crippen LogP contribution >= 0.6 is 39.5 Å². The van der Waals surface area contributed by atoms with Crippen molar-refractivity contribution in [3.63, 3.8) is 0 Å². The highest BCUT2D eigenvalue weighted by Gasteiger charge is 2.40. The lowest BCUT2D eigenvalue weighted by Crippen LogP contribution is -2.38. The molecule has 8 heteroatoms. The maximum atomic E-state index is 5.72. The Bertz CT molecular complexity index is 766. The van der Waals surface area contributed by atoms with Crippen molar-refractivity contribution in [2.75, 3.05) is 39.4 Å². The Kier molecular flexibility index (Phi) is 6.39. The maximum Gasteiger partial charge on any atom is 0.170 e. The van der Waals surface area contributed by atoms with E-state index in [2.05, 4.69) is 53.5 Å². The van der Waals surface area contributed by atoms with Gasteiger partial charge in [0, 0.05) is 47.1 Å². The highest BCUT2D eigenvalue weighted by atomic mass is 79.9. The zero-order chi connectivity index (χ0) is 18.6. The van der Waals surface area contributed by atoms with E-state index in [1.54, 1.807) is 11.3 Å². The predicted molar refractivity (Wildman–Crippen MR) is 116 cm³/mol. The van der Waals surface area contributed by atoms with Gasteiger partial charge in [0.05, 0.1) is 31.0 Å². The second-order valence-electron chi connectivity index (χ2n) is 6.79. The zero-order valence-electron chi connectivity index (χ0n) is 15.0. The molecule has 5 nitrogen and oxygen atoms in total. The molecule has 4 heterocycles. The van der Waals surface area contributed by atoms with Gasteiger partial charge in [-0.15, -0.1) is 11.3 Å². The lowest BCUT2D eigenvalue weighted by atomic mass is 10.0. The first-order valence-corrected chi connectivity index (χ1v) is 11.3. The van der Waals surface area contributed by atoms with Crippen molar-refractivity contribution in [3.8, 4) is 0 Å². The summed E-state index contributed by atoms with van der Waals surface area (Å²) in [5.74, 6) is 0. The minimum atomic E-state index is 0.0765. The second kappa shape index (κ2) is 8.96. The summed E-state index contributed by atoms with van der Waals surface area (Å²) in [6.45, 7) is 5.76. The molecule has 2 aromatic heterocycles. The number of nitrogens with one attached hydrogen (secondary N) is 1. The molecule has 0 bridgehead atoms. The normalized spacial score (nSPS) is 23.6. The van der Waals surface area contributed by atoms with E-state index in [-0.39, 0.29) is 12.1 Å². The Morgan fingerprint density at radius 1 is 1.30 bits per heavy atom. The van der Waals surface area contributed by atoms with Crippen molar-refractivity contribution in [1.82, 2.24) is 20.1 Å². The largest absolute Gasteiger partial charge is 0.379 e. The highest BCUT2D eigenvalue weighted by Crippen LogP contribution is 2.41. The molecule has 2 atom stereocenters. The zero-order valence-corrected chi connectivity index (χ0v) is 18.2. The summed E-state index contributed by atoms with van der Waals surface area (Å²) < 4.78 is 6.56. The number of hydrogen-bond acceptors (Lipinski definition) is 5. The fourth-order valence-corrected chi connectivity index (χ4v) is 5.65. The topological polar surface area (TPSA) is 40.6 Å². The molecular formula is C19H23BrN4OS2. The number of nitrogens with zero attached hydrogens (tertiary/aromatic N) is 3. The minimum absolute atomic E-state index is 0.0765. The number of halogens is 1. The first-order chi connectivity index (χ1) is 13.2. The Morgan fingerprint density at radius 2 is 2.15 bits per heavy atom. The molecule has 2 aromatic rings. The van der Waals surface area contributed by atoms with Crippen LogP contribution in [0.3, 0.4) is 0 Å². The monoisotopic (exact) mass is 466 g/mol. The van der Waals surface area contributed by atoms with Crippen LogP contribution < -0.4 is 5.32 Å². The van der Waals surface area contributed by atoms with E-state index >= 15 is 0 Å². The number of ether oxygens (including phenoxy) is 1. The van der Waals surface area contributed by atoms with Crippen molar-refractivity contribution in [3.05, 3.63) is 50.9 Å². The van der Waals surface area contributed by atoms with Crippen molar-refractivity contribution in [2.24, 2.45) is 0 Å². The molecule has 0 aromatic carbocycles. The molecule has 0 amide bonds. The van der Waals surface area contributed by atoms with Gasteiger partial charge in [0.1, 0.15) is 0 Å². The fourth-order valence-electron chi connectivity index (χ4n) is 3.73. The van der Waals surface area contributed by atoms with E-state index in [1.807, 2.05) is 18.3 Å². The van der Waals surface area contributed by atoms with E-state index in [1.165, 1.54) is 4.88 Å². The average molecular weight is 467 g/mol. The van der Waals surface area contributed by atoms with Crippen molar-refractivity contribution in [1.29, 1.82) is 0 Å².